The molecule has 2 rings (SSSR count). The van der Waals surface area contributed by atoms with Crippen LogP contribution in [0, 0.1) is 5.92 Å². The molecule has 27 heavy (non-hydrogen) atoms. The van der Waals surface area contributed by atoms with E-state index in [2.05, 4.69) is 55.4 Å². The van der Waals surface area contributed by atoms with Gasteiger partial charge in [-0.05, 0) is 63.4 Å². The second-order valence-electron chi connectivity index (χ2n) is 7.24. The van der Waals surface area contributed by atoms with Crippen LogP contribution in [0.4, 0.5) is 0 Å². The predicted molar refractivity (Wildman–Crippen MR) is 111 cm³/mol. The maximum absolute atomic E-state index is 12.4. The number of hydrogen-bond acceptors (Lipinski definition) is 4. The van der Waals surface area contributed by atoms with Crippen molar-refractivity contribution < 1.29 is 14.7 Å². The predicted octanol–water partition coefficient (Wildman–Crippen LogP) is 2.36. The summed E-state index contributed by atoms with van der Waals surface area (Å²) in [6, 6.07) is 8.88. The van der Waals surface area contributed by atoms with Crippen LogP contribution in [0.25, 0.3) is 0 Å². The minimum atomic E-state index is -0.500. The van der Waals surface area contributed by atoms with Gasteiger partial charge in [0.2, 0.25) is 5.91 Å². The molecule has 7 heteroatoms. The number of hydrogen-bond donors (Lipinski definition) is 2. The zero-order valence-electron chi connectivity index (χ0n) is 17.2. The first kappa shape index (κ1) is 27.6. The van der Waals surface area contributed by atoms with Crippen LogP contribution in [0.2, 0.25) is 0 Å². The summed E-state index contributed by atoms with van der Waals surface area (Å²) in [6.07, 6.45) is 3.21. The average Bonchev–Trinajstić information content (AvgIpc) is 2.57. The van der Waals surface area contributed by atoms with Crippen molar-refractivity contribution in [1.82, 2.24) is 16.4 Å². The highest BCUT2D eigenvalue weighted by Gasteiger charge is 2.22. The molecule has 5 N–H and O–H groups in total. The van der Waals surface area contributed by atoms with Gasteiger partial charge in [0.15, 0.2) is 0 Å². The molecule has 156 valence electrons. The quantitative estimate of drug-likeness (QED) is 0.738. The molecular formula is C20H36ClN3O3. The summed E-state index contributed by atoms with van der Waals surface area (Å²) in [7, 11) is 2.14. The summed E-state index contributed by atoms with van der Waals surface area (Å²) < 4.78 is 0. The number of nitrogens with one attached hydrogen (secondary N) is 1. The Bertz CT molecular complexity index is 530. The van der Waals surface area contributed by atoms with Crippen molar-refractivity contribution in [2.24, 2.45) is 5.92 Å². The number of rotatable bonds is 5. The number of likely N-dealkylation sites (tertiary alicyclic amines) is 1. The molecule has 0 bridgehead atoms. The first-order chi connectivity index (χ1) is 11.9. The first-order valence-electron chi connectivity index (χ1n) is 9.00. The van der Waals surface area contributed by atoms with Crippen molar-refractivity contribution in [3.63, 3.8) is 0 Å². The van der Waals surface area contributed by atoms with Crippen LogP contribution in [-0.4, -0.2) is 43.5 Å². The van der Waals surface area contributed by atoms with Gasteiger partial charge in [-0.15, -0.1) is 12.4 Å². The molecule has 1 aromatic carbocycles. The summed E-state index contributed by atoms with van der Waals surface area (Å²) in [4.78, 5) is 23.0. The standard InChI is InChI=1S/C19H30N2O.CH2O2.ClH.H3N/c1-14(2)13-16-5-7-17(8-6-16)15(3)19(22)20-18-9-11-21(4)12-10-18;2-1-3;;/h5-8,14-15,18H,9-13H2,1-4H3,(H,20,22);1H,(H,2,3);1H;1H3/t15-;;;/m1.../s1. The van der Waals surface area contributed by atoms with Crippen molar-refractivity contribution in [3.8, 4) is 0 Å². The molecule has 6 nitrogen and oxygen atoms in total. The number of carbonyl (C=O) groups is 2. The number of halogens is 1. The summed E-state index contributed by atoms with van der Waals surface area (Å²) in [5.41, 5.74) is 2.46. The normalized spacial score (nSPS) is 15.4. The highest BCUT2D eigenvalue weighted by Crippen LogP contribution is 2.19. The molecule has 1 aliphatic heterocycles. The second kappa shape index (κ2) is 14.4. The largest absolute Gasteiger partial charge is 0.554 e. The minimum absolute atomic E-state index is 0. The van der Waals surface area contributed by atoms with E-state index < -0.39 is 6.47 Å². The average molecular weight is 402 g/mol. The third-order valence-corrected chi connectivity index (χ3v) is 4.58. The lowest BCUT2D eigenvalue weighted by Crippen LogP contribution is -2.44. The van der Waals surface area contributed by atoms with E-state index in [1.54, 1.807) is 0 Å². The molecule has 1 fully saturated rings. The highest BCUT2D eigenvalue weighted by molar-refractivity contribution is 5.85. The SMILES string of the molecule is CC(C)Cc1ccc([C@@H](C)C(=O)NC2CCN(C)CC2)cc1.Cl.O=C[O-].[NH4+]. The Labute approximate surface area is 169 Å². The van der Waals surface area contributed by atoms with Gasteiger partial charge in [-0.3, -0.25) is 4.79 Å². The van der Waals surface area contributed by atoms with E-state index in [1.807, 2.05) is 6.92 Å². The Morgan fingerprint density at radius 1 is 1.22 bits per heavy atom. The van der Waals surface area contributed by atoms with Gasteiger partial charge in [0.1, 0.15) is 0 Å². The number of piperidine rings is 1. The lowest BCUT2D eigenvalue weighted by atomic mass is 9.95. The molecule has 0 unspecified atom stereocenters. The maximum Gasteiger partial charge on any atom is 0.227 e. The van der Waals surface area contributed by atoms with Crippen LogP contribution in [-0.2, 0) is 16.0 Å². The van der Waals surface area contributed by atoms with E-state index >= 15 is 0 Å². The van der Waals surface area contributed by atoms with Crippen LogP contribution >= 0.6 is 12.4 Å². The van der Waals surface area contributed by atoms with Crippen LogP contribution < -0.4 is 16.6 Å². The number of carbonyl (C=O) groups excluding carboxylic acids is 2. The molecule has 0 radical (unpaired) electrons. The molecule has 1 amide bonds. The van der Waals surface area contributed by atoms with Crippen LogP contribution in [0.3, 0.4) is 0 Å². The van der Waals surface area contributed by atoms with Crippen molar-refractivity contribution in [2.45, 2.75) is 52.0 Å². The van der Waals surface area contributed by atoms with Gasteiger partial charge in [-0.2, -0.15) is 0 Å². The Morgan fingerprint density at radius 2 is 1.70 bits per heavy atom. The van der Waals surface area contributed by atoms with E-state index in [4.69, 9.17) is 9.90 Å². The molecule has 0 spiro atoms. The fraction of sp³-hybridized carbons (Fsp3) is 0.600. The number of nitrogens with zero attached hydrogens (tertiary/aromatic N) is 1. The third kappa shape index (κ3) is 10.3. The summed E-state index contributed by atoms with van der Waals surface area (Å²) >= 11 is 0. The molecule has 1 aromatic rings. The summed E-state index contributed by atoms with van der Waals surface area (Å²) in [6.45, 7) is 8.10. The van der Waals surface area contributed by atoms with Crippen LogP contribution in [0.15, 0.2) is 24.3 Å². The molecule has 1 atom stereocenters. The van der Waals surface area contributed by atoms with E-state index in [1.165, 1.54) is 5.56 Å². The molecule has 0 saturated carbocycles. The zero-order valence-corrected chi connectivity index (χ0v) is 18.1. The Kier molecular flexibility index (Phi) is 14.7. The van der Waals surface area contributed by atoms with Crippen molar-refractivity contribution in [3.05, 3.63) is 35.4 Å². The Morgan fingerprint density at radius 3 is 2.15 bits per heavy atom. The van der Waals surface area contributed by atoms with Gasteiger partial charge in [-0.25, -0.2) is 0 Å². The zero-order chi connectivity index (χ0) is 18.8. The van der Waals surface area contributed by atoms with Crippen molar-refractivity contribution in [2.75, 3.05) is 20.1 Å². The second-order valence-corrected chi connectivity index (χ2v) is 7.24. The number of benzene rings is 1. The van der Waals surface area contributed by atoms with Crippen LogP contribution in [0.5, 0.6) is 0 Å². The fourth-order valence-corrected chi connectivity index (χ4v) is 3.04. The molecular weight excluding hydrogens is 366 g/mol. The number of amides is 1. The van der Waals surface area contributed by atoms with Gasteiger partial charge >= 0.3 is 0 Å². The molecule has 1 aliphatic rings. The van der Waals surface area contributed by atoms with Gasteiger partial charge in [0.25, 0.3) is 0 Å². The van der Waals surface area contributed by atoms with E-state index in [-0.39, 0.29) is 30.4 Å². The third-order valence-electron chi connectivity index (χ3n) is 4.58. The van der Waals surface area contributed by atoms with Gasteiger partial charge in [0, 0.05) is 12.5 Å². The van der Waals surface area contributed by atoms with Crippen molar-refractivity contribution in [1.29, 1.82) is 0 Å². The van der Waals surface area contributed by atoms with E-state index in [0.717, 1.165) is 37.9 Å². The van der Waals surface area contributed by atoms with Crippen LogP contribution in [0.1, 0.15) is 50.7 Å². The van der Waals surface area contributed by atoms with E-state index in [9.17, 15) is 4.79 Å². The fourth-order valence-electron chi connectivity index (χ4n) is 3.04. The monoisotopic (exact) mass is 401 g/mol. The maximum atomic E-state index is 12.4. The molecule has 1 heterocycles. The lowest BCUT2D eigenvalue weighted by Gasteiger charge is -2.30. The molecule has 0 aliphatic carbocycles. The number of carboxylic acid groups (broad SMARTS) is 1. The molecule has 1 saturated heterocycles. The van der Waals surface area contributed by atoms with Gasteiger partial charge in [-0.1, -0.05) is 38.1 Å². The van der Waals surface area contributed by atoms with E-state index in [0.29, 0.717) is 12.0 Å². The highest BCUT2D eigenvalue weighted by atomic mass is 35.5. The first-order valence-corrected chi connectivity index (χ1v) is 9.00. The van der Waals surface area contributed by atoms with Crippen molar-refractivity contribution >= 4 is 24.8 Å². The molecule has 0 aromatic heterocycles. The number of quaternary nitrogens is 1. The summed E-state index contributed by atoms with van der Waals surface area (Å²) in [5.74, 6) is 0.745. The van der Waals surface area contributed by atoms with Gasteiger partial charge in [0.05, 0.1) is 5.92 Å². The smallest absolute Gasteiger partial charge is 0.227 e. The van der Waals surface area contributed by atoms with Gasteiger partial charge < -0.3 is 26.3 Å². The Balaban J connectivity index is 0. The topological polar surface area (TPSA) is 109 Å². The Hall–Kier alpha value is -1.63. The minimum Gasteiger partial charge on any atom is -0.554 e. The lowest BCUT2D eigenvalue weighted by molar-refractivity contribution is -0.283. The summed E-state index contributed by atoms with van der Waals surface area (Å²) in [5, 5.41) is 11.5.